The first-order valence-electron chi connectivity index (χ1n) is 26.8. The fourth-order valence-corrected chi connectivity index (χ4v) is 16.0. The number of aliphatic carboxylic acids is 1. The Hall–Kier alpha value is -2.08. The summed E-state index contributed by atoms with van der Waals surface area (Å²) in [5.74, 6) is -2.87. The molecule has 9 aliphatic rings. The third-order valence-corrected chi connectivity index (χ3v) is 20.7. The normalized spacial score (nSPS) is 54.8. The van der Waals surface area contributed by atoms with Gasteiger partial charge in [0.15, 0.2) is 25.0 Å². The molecule has 75 heavy (non-hydrogen) atoms. The Kier molecular flexibility index (Phi) is 15.7. The quantitative estimate of drug-likeness (QED) is 0.0659. The number of allylic oxidation sites excluding steroid dienone is 2. The lowest BCUT2D eigenvalue weighted by atomic mass is 9.33. The standard InChI is InChI=1S/C52H82O23/c1-21-38(72-41-35(62)30(57)25(55)19-68-41)34(61)37(64)42(70-21)73-39-31(58)26(56)20-69-44(39)75-46(67)52-14-12-47(2,3)16-23(52)22-8-9-28-48(4)17-24(54)40(74-43-36(63)33(60)32(59)27(18-53)71-43)51(7,45(65)66)29(48)10-11-50(28,6)49(22,5)13-15-52/h8,21,23-44,53-64H,9-20H2,1-7H3,(H,65,66)/t21-,23-,24-,25+,26-,27+,28?,29?,30-,31-,32+,33-,34-,35+,36+,37+,38-,39+,40-,41-,42-,43-,44-,48+,49+,50+,51-,52-/m0/s1. The van der Waals surface area contributed by atoms with Crippen LogP contribution in [0.15, 0.2) is 11.6 Å². The van der Waals surface area contributed by atoms with Crippen molar-refractivity contribution in [2.24, 2.45) is 50.2 Å². The maximum Gasteiger partial charge on any atom is 0.315 e. The zero-order valence-corrected chi connectivity index (χ0v) is 43.7. The smallest absolute Gasteiger partial charge is 0.315 e. The molecule has 23 nitrogen and oxygen atoms in total. The van der Waals surface area contributed by atoms with E-state index in [0.717, 1.165) is 5.57 Å². The molecule has 0 aromatic heterocycles. The average Bonchev–Trinajstić information content (AvgIpc) is 3.35. The Morgan fingerprint density at radius 3 is 1.89 bits per heavy atom. The van der Waals surface area contributed by atoms with Crippen LogP contribution in [-0.4, -0.2) is 221 Å². The molecule has 23 heteroatoms. The Morgan fingerprint density at radius 2 is 1.23 bits per heavy atom. The molecule has 5 aliphatic carbocycles. The maximum absolute atomic E-state index is 15.3. The molecule has 9 rings (SSSR count). The van der Waals surface area contributed by atoms with Gasteiger partial charge in [-0.05, 0) is 111 Å². The minimum absolute atomic E-state index is 0.130. The molecule has 4 heterocycles. The first kappa shape index (κ1) is 57.6. The minimum Gasteiger partial charge on any atom is -0.481 e. The molecule has 4 saturated carbocycles. The van der Waals surface area contributed by atoms with Crippen LogP contribution in [0, 0.1) is 50.2 Å². The molecule has 428 valence electrons. The van der Waals surface area contributed by atoms with Gasteiger partial charge >= 0.3 is 11.9 Å². The molecule has 0 bridgehead atoms. The molecule has 0 aromatic carbocycles. The highest BCUT2D eigenvalue weighted by Crippen LogP contribution is 2.76. The molecule has 28 atom stereocenters. The van der Waals surface area contributed by atoms with E-state index in [-0.39, 0.29) is 30.3 Å². The highest BCUT2D eigenvalue weighted by Gasteiger charge is 2.73. The van der Waals surface area contributed by atoms with Crippen LogP contribution in [0.5, 0.6) is 0 Å². The third kappa shape index (κ3) is 9.16. The number of rotatable bonds is 10. The van der Waals surface area contributed by atoms with Crippen LogP contribution in [0.25, 0.3) is 0 Å². The van der Waals surface area contributed by atoms with Crippen molar-refractivity contribution in [2.45, 2.75) is 229 Å². The van der Waals surface area contributed by atoms with Crippen LogP contribution < -0.4 is 0 Å². The van der Waals surface area contributed by atoms with Gasteiger partial charge in [0.05, 0.1) is 42.9 Å². The molecular weight excluding hydrogens is 993 g/mol. The summed E-state index contributed by atoms with van der Waals surface area (Å²) in [5, 5.41) is 140. The van der Waals surface area contributed by atoms with E-state index in [9.17, 15) is 71.2 Å². The van der Waals surface area contributed by atoms with Crippen molar-refractivity contribution in [3.63, 3.8) is 0 Å². The molecule has 8 fully saturated rings. The predicted molar refractivity (Wildman–Crippen MR) is 253 cm³/mol. The minimum atomic E-state index is -1.87. The fourth-order valence-electron chi connectivity index (χ4n) is 16.0. The van der Waals surface area contributed by atoms with Crippen molar-refractivity contribution >= 4 is 11.9 Å². The van der Waals surface area contributed by atoms with Crippen molar-refractivity contribution in [1.82, 2.24) is 0 Å². The van der Waals surface area contributed by atoms with Crippen LogP contribution in [0.4, 0.5) is 0 Å². The Bertz CT molecular complexity index is 2130. The lowest BCUT2D eigenvalue weighted by Crippen LogP contribution is -2.70. The van der Waals surface area contributed by atoms with E-state index in [1.54, 1.807) is 6.92 Å². The van der Waals surface area contributed by atoms with Gasteiger partial charge < -0.3 is 104 Å². The Balaban J connectivity index is 0.956. The monoisotopic (exact) mass is 1070 g/mol. The van der Waals surface area contributed by atoms with Gasteiger partial charge in [-0.25, -0.2) is 0 Å². The van der Waals surface area contributed by atoms with Gasteiger partial charge in [0.25, 0.3) is 0 Å². The van der Waals surface area contributed by atoms with Gasteiger partial charge in [-0.15, -0.1) is 0 Å². The lowest BCUT2D eigenvalue weighted by molar-refractivity contribution is -0.368. The topological polar surface area (TPSA) is 371 Å². The zero-order chi connectivity index (χ0) is 54.9. The van der Waals surface area contributed by atoms with Gasteiger partial charge in [0.2, 0.25) is 6.29 Å². The average molecular weight is 1080 g/mol. The summed E-state index contributed by atoms with van der Waals surface area (Å²) in [6.07, 6.45) is -24.9. The maximum atomic E-state index is 15.3. The van der Waals surface area contributed by atoms with Crippen LogP contribution in [0.1, 0.15) is 106 Å². The van der Waals surface area contributed by atoms with Crippen molar-refractivity contribution in [3.05, 3.63) is 11.6 Å². The van der Waals surface area contributed by atoms with Crippen molar-refractivity contribution in [2.75, 3.05) is 19.8 Å². The second-order valence-electron chi connectivity index (χ2n) is 25.3. The number of aliphatic hydroxyl groups excluding tert-OH is 12. The molecule has 0 amide bonds. The SMILES string of the molecule is C[C@@H]1O[C@@H](O[C@H]2[C@H](OC(=O)[C@]34CCC(C)(C)C[C@H]3C3=CCC5[C@@]6(C)C[C@H](O)[C@H](O[C@@H]7O[C@H](CO)[C@@H](O)[C@H](O)[C@H]7O)[C@@](C)(C(=O)O)C6CC[C@@]5(C)[C@]3(C)CC4)OC[C@H](O)[C@@H]2O)[C@H](O)[C@H](O)[C@H]1O[C@@H]1OC[C@@H](O)[C@H](O)[C@H]1O. The summed E-state index contributed by atoms with van der Waals surface area (Å²) < 4.78 is 47.1. The summed E-state index contributed by atoms with van der Waals surface area (Å²) in [7, 11) is 0. The van der Waals surface area contributed by atoms with Gasteiger partial charge in [0, 0.05) is 0 Å². The van der Waals surface area contributed by atoms with Crippen molar-refractivity contribution in [1.29, 1.82) is 0 Å². The zero-order valence-electron chi connectivity index (χ0n) is 43.7. The summed E-state index contributed by atoms with van der Waals surface area (Å²) in [6.45, 7) is 12.3. The van der Waals surface area contributed by atoms with Gasteiger partial charge in [-0.2, -0.15) is 0 Å². The number of fused-ring (bicyclic) bond motifs is 7. The number of carboxylic acids is 1. The van der Waals surface area contributed by atoms with Gasteiger partial charge in [-0.1, -0.05) is 46.3 Å². The number of ether oxygens (including phenoxy) is 8. The highest BCUT2D eigenvalue weighted by atomic mass is 16.8. The van der Waals surface area contributed by atoms with E-state index < -0.39 is 181 Å². The van der Waals surface area contributed by atoms with E-state index in [2.05, 4.69) is 33.8 Å². The number of hydrogen-bond donors (Lipinski definition) is 13. The van der Waals surface area contributed by atoms with Crippen LogP contribution in [0.3, 0.4) is 0 Å². The van der Waals surface area contributed by atoms with E-state index in [4.69, 9.17) is 37.9 Å². The van der Waals surface area contributed by atoms with Gasteiger partial charge in [-0.3, -0.25) is 9.59 Å². The van der Waals surface area contributed by atoms with E-state index in [0.29, 0.717) is 51.4 Å². The Labute approximate surface area is 435 Å². The largest absolute Gasteiger partial charge is 0.481 e. The molecular formula is C52H82O23. The lowest BCUT2D eigenvalue weighted by Gasteiger charge is -2.71. The number of esters is 1. The summed E-state index contributed by atoms with van der Waals surface area (Å²) in [6, 6.07) is 0. The second kappa shape index (κ2) is 20.5. The molecule has 2 unspecified atom stereocenters. The van der Waals surface area contributed by atoms with E-state index in [1.807, 2.05) is 6.92 Å². The third-order valence-electron chi connectivity index (χ3n) is 20.7. The van der Waals surface area contributed by atoms with E-state index in [1.165, 1.54) is 6.92 Å². The number of carbonyl (C=O) groups excluding carboxylic acids is 1. The van der Waals surface area contributed by atoms with E-state index >= 15 is 4.79 Å². The number of hydrogen-bond acceptors (Lipinski definition) is 22. The predicted octanol–water partition coefficient (Wildman–Crippen LogP) is -1.69. The highest BCUT2D eigenvalue weighted by molar-refractivity contribution is 5.79. The first-order valence-corrected chi connectivity index (χ1v) is 26.8. The summed E-state index contributed by atoms with van der Waals surface area (Å²) >= 11 is 0. The summed E-state index contributed by atoms with van der Waals surface area (Å²) in [4.78, 5) is 29.0. The molecule has 0 radical (unpaired) electrons. The van der Waals surface area contributed by atoms with Crippen LogP contribution in [0.2, 0.25) is 0 Å². The van der Waals surface area contributed by atoms with Crippen molar-refractivity contribution in [3.8, 4) is 0 Å². The molecule has 0 spiro atoms. The van der Waals surface area contributed by atoms with Crippen LogP contribution in [-0.2, 0) is 47.5 Å². The second-order valence-corrected chi connectivity index (χ2v) is 25.3. The molecule has 4 saturated heterocycles. The number of carbonyl (C=O) groups is 2. The first-order chi connectivity index (χ1) is 35.0. The number of carboxylic acid groups (broad SMARTS) is 1. The fraction of sp³-hybridized carbons (Fsp3) is 0.923. The Morgan fingerprint density at radius 1 is 0.627 bits per heavy atom. The van der Waals surface area contributed by atoms with Crippen molar-refractivity contribution < 1.29 is 114 Å². The molecule has 13 N–H and O–H groups in total. The molecule has 0 aromatic rings. The van der Waals surface area contributed by atoms with Crippen LogP contribution >= 0.6 is 0 Å². The molecule has 4 aliphatic heterocycles. The summed E-state index contributed by atoms with van der Waals surface area (Å²) in [5.41, 5.74) is -3.70. The number of aliphatic hydroxyl groups is 12. The van der Waals surface area contributed by atoms with Gasteiger partial charge in [0.1, 0.15) is 79.4 Å².